The van der Waals surface area contributed by atoms with Gasteiger partial charge in [0.05, 0.1) is 24.0 Å². The van der Waals surface area contributed by atoms with Crippen LogP contribution in [0.2, 0.25) is 0 Å². The monoisotopic (exact) mass is 430 g/mol. The van der Waals surface area contributed by atoms with Crippen LogP contribution in [0, 0.1) is 6.92 Å². The van der Waals surface area contributed by atoms with Crippen molar-refractivity contribution >= 4 is 11.2 Å². The summed E-state index contributed by atoms with van der Waals surface area (Å²) in [6, 6.07) is 5.07. The molecule has 5 rings (SSSR count). The number of halogens is 3. The van der Waals surface area contributed by atoms with Crippen molar-refractivity contribution in [3.8, 4) is 0 Å². The summed E-state index contributed by atoms with van der Waals surface area (Å²) in [4.78, 5) is 11.9. The van der Waals surface area contributed by atoms with Crippen molar-refractivity contribution in [2.45, 2.75) is 57.5 Å². The maximum absolute atomic E-state index is 12.9. The molecule has 0 spiro atoms. The molecule has 0 amide bonds. The van der Waals surface area contributed by atoms with Crippen LogP contribution in [-0.4, -0.2) is 37.6 Å². The predicted molar refractivity (Wildman–Crippen MR) is 111 cm³/mol. The van der Waals surface area contributed by atoms with Gasteiger partial charge in [0, 0.05) is 30.3 Å². The number of rotatable bonds is 3. The van der Waals surface area contributed by atoms with Crippen LogP contribution in [0.4, 0.5) is 13.2 Å². The van der Waals surface area contributed by atoms with E-state index < -0.39 is 17.3 Å². The fourth-order valence-electron chi connectivity index (χ4n) is 5.14. The molecular formula is C23H25F3N4O. The minimum Gasteiger partial charge on any atom is -0.384 e. The molecular weight excluding hydrogens is 405 g/mol. The number of hydrogen-bond donors (Lipinski definition) is 1. The van der Waals surface area contributed by atoms with Gasteiger partial charge < -0.3 is 9.67 Å². The first-order valence-corrected chi connectivity index (χ1v) is 10.6. The topological polar surface area (TPSA) is 54.2 Å². The van der Waals surface area contributed by atoms with Crippen molar-refractivity contribution < 1.29 is 18.3 Å². The van der Waals surface area contributed by atoms with Crippen LogP contribution in [0.15, 0.2) is 30.5 Å². The molecule has 0 aliphatic carbocycles. The highest BCUT2D eigenvalue weighted by molar-refractivity contribution is 5.79. The molecule has 1 aromatic carbocycles. The number of alkyl halides is 3. The van der Waals surface area contributed by atoms with Crippen molar-refractivity contribution in [2.75, 3.05) is 13.1 Å². The van der Waals surface area contributed by atoms with Gasteiger partial charge in [-0.2, -0.15) is 13.2 Å². The van der Waals surface area contributed by atoms with Gasteiger partial charge in [0.15, 0.2) is 5.65 Å². The highest BCUT2D eigenvalue weighted by atomic mass is 19.4. The molecule has 2 aliphatic rings. The van der Waals surface area contributed by atoms with E-state index in [1.54, 1.807) is 13.1 Å². The summed E-state index contributed by atoms with van der Waals surface area (Å²) >= 11 is 0. The minimum absolute atomic E-state index is 0.203. The lowest BCUT2D eigenvalue weighted by molar-refractivity contribution is -0.137. The number of aliphatic hydroxyl groups is 1. The summed E-state index contributed by atoms with van der Waals surface area (Å²) in [5, 5.41) is 11.3. The summed E-state index contributed by atoms with van der Waals surface area (Å²) in [5.41, 5.74) is 3.16. The molecule has 31 heavy (non-hydrogen) atoms. The third-order valence-electron chi connectivity index (χ3n) is 6.65. The molecule has 1 saturated heterocycles. The van der Waals surface area contributed by atoms with Gasteiger partial charge in [-0.3, -0.25) is 4.90 Å². The van der Waals surface area contributed by atoms with E-state index in [9.17, 15) is 18.3 Å². The molecule has 2 unspecified atom stereocenters. The number of fused-ring (bicyclic) bond motifs is 5. The second kappa shape index (κ2) is 7.03. The summed E-state index contributed by atoms with van der Waals surface area (Å²) in [5.74, 6) is 0. The van der Waals surface area contributed by atoms with Crippen molar-refractivity contribution in [2.24, 2.45) is 0 Å². The van der Waals surface area contributed by atoms with Crippen molar-refractivity contribution in [1.29, 1.82) is 0 Å². The first-order chi connectivity index (χ1) is 14.6. The number of hydrogen-bond acceptors (Lipinski definition) is 4. The minimum atomic E-state index is -4.40. The largest absolute Gasteiger partial charge is 0.416 e. The van der Waals surface area contributed by atoms with Gasteiger partial charge in [0.25, 0.3) is 0 Å². The van der Waals surface area contributed by atoms with Crippen molar-refractivity contribution in [3.63, 3.8) is 0 Å². The zero-order valence-corrected chi connectivity index (χ0v) is 17.6. The number of benzene rings is 1. The van der Waals surface area contributed by atoms with Crippen LogP contribution in [0.25, 0.3) is 11.2 Å². The zero-order valence-electron chi connectivity index (χ0n) is 17.6. The van der Waals surface area contributed by atoms with E-state index in [4.69, 9.17) is 4.98 Å². The summed E-state index contributed by atoms with van der Waals surface area (Å²) < 4.78 is 40.8. The average molecular weight is 430 g/mol. The smallest absolute Gasteiger partial charge is 0.384 e. The summed E-state index contributed by atoms with van der Waals surface area (Å²) in [7, 11) is 0. The molecule has 2 aromatic heterocycles. The molecule has 4 heterocycles. The molecule has 5 nitrogen and oxygen atoms in total. The Morgan fingerprint density at radius 2 is 1.84 bits per heavy atom. The Bertz CT molecular complexity index is 1130. The maximum Gasteiger partial charge on any atom is 0.416 e. The molecule has 8 heteroatoms. The number of aryl methyl sites for hydroxylation is 1. The first kappa shape index (κ1) is 20.5. The second-order valence-electron chi connectivity index (χ2n) is 8.92. The summed E-state index contributed by atoms with van der Waals surface area (Å²) in [6.45, 7) is 5.80. The standard InChI is InChI=1S/C23H25F3N4O/c1-14-12-27-21-20(28-14)19-17-4-3-10-29(17)11-9-18(19)30(21)13-22(2,31)15-5-7-16(8-6-15)23(24,25)26/h5-8,12,17,31H,3-4,9-11,13H2,1-2H3. The Morgan fingerprint density at radius 3 is 2.55 bits per heavy atom. The SMILES string of the molecule is Cc1cnc2c(n1)c1c(n2CC(C)(O)c2ccc(C(F)(F)F)cc2)CCN2CCCC12. The molecule has 0 bridgehead atoms. The van der Waals surface area contributed by atoms with Crippen LogP contribution >= 0.6 is 0 Å². The molecule has 164 valence electrons. The van der Waals surface area contributed by atoms with Crippen molar-refractivity contribution in [1.82, 2.24) is 19.4 Å². The van der Waals surface area contributed by atoms with Gasteiger partial charge in [-0.15, -0.1) is 0 Å². The lowest BCUT2D eigenvalue weighted by atomic mass is 9.94. The van der Waals surface area contributed by atoms with E-state index >= 15 is 0 Å². The highest BCUT2D eigenvalue weighted by Crippen LogP contribution is 2.43. The molecule has 2 atom stereocenters. The van der Waals surface area contributed by atoms with Gasteiger partial charge in [-0.1, -0.05) is 12.1 Å². The maximum atomic E-state index is 12.9. The Labute approximate surface area is 178 Å². The Balaban J connectivity index is 1.58. The lowest BCUT2D eigenvalue weighted by Crippen LogP contribution is -2.33. The second-order valence-corrected chi connectivity index (χ2v) is 8.92. The highest BCUT2D eigenvalue weighted by Gasteiger charge is 2.38. The van der Waals surface area contributed by atoms with Crippen LogP contribution in [-0.2, 0) is 24.7 Å². The third-order valence-corrected chi connectivity index (χ3v) is 6.65. The van der Waals surface area contributed by atoms with Gasteiger partial charge in [-0.25, -0.2) is 9.97 Å². The van der Waals surface area contributed by atoms with E-state index in [0.29, 0.717) is 11.6 Å². The number of nitrogens with zero attached hydrogens (tertiary/aromatic N) is 4. The van der Waals surface area contributed by atoms with Gasteiger partial charge in [-0.05, 0) is 50.9 Å². The fraction of sp³-hybridized carbons (Fsp3) is 0.478. The van der Waals surface area contributed by atoms with E-state index in [1.165, 1.54) is 17.7 Å². The molecule has 1 fully saturated rings. The van der Waals surface area contributed by atoms with E-state index in [2.05, 4.69) is 9.88 Å². The number of aromatic nitrogens is 3. The van der Waals surface area contributed by atoms with Crippen LogP contribution in [0.3, 0.4) is 0 Å². The van der Waals surface area contributed by atoms with E-state index in [1.807, 2.05) is 11.5 Å². The van der Waals surface area contributed by atoms with Crippen LogP contribution in [0.1, 0.15) is 53.9 Å². The quantitative estimate of drug-likeness (QED) is 0.671. The van der Waals surface area contributed by atoms with Crippen LogP contribution < -0.4 is 0 Å². The van der Waals surface area contributed by atoms with Crippen LogP contribution in [0.5, 0.6) is 0 Å². The zero-order chi connectivity index (χ0) is 22.0. The van der Waals surface area contributed by atoms with Gasteiger partial charge in [0.2, 0.25) is 0 Å². The van der Waals surface area contributed by atoms with E-state index in [0.717, 1.165) is 67.0 Å². The van der Waals surface area contributed by atoms with Crippen molar-refractivity contribution in [3.05, 3.63) is 58.5 Å². The molecule has 0 radical (unpaired) electrons. The molecule has 2 aliphatic heterocycles. The lowest BCUT2D eigenvalue weighted by Gasteiger charge is -2.32. The fourth-order valence-corrected chi connectivity index (χ4v) is 5.14. The van der Waals surface area contributed by atoms with E-state index in [-0.39, 0.29) is 6.54 Å². The Morgan fingerprint density at radius 1 is 1.13 bits per heavy atom. The van der Waals surface area contributed by atoms with Gasteiger partial charge >= 0.3 is 6.18 Å². The molecule has 0 saturated carbocycles. The average Bonchev–Trinajstić information content (AvgIpc) is 3.30. The Hall–Kier alpha value is -2.45. The third kappa shape index (κ3) is 3.42. The van der Waals surface area contributed by atoms with Gasteiger partial charge in [0.1, 0.15) is 11.1 Å². The molecule has 1 N–H and O–H groups in total. The predicted octanol–water partition coefficient (Wildman–Crippen LogP) is 4.36. The Kier molecular flexibility index (Phi) is 4.64. The normalized spacial score (nSPS) is 21.2. The first-order valence-electron chi connectivity index (χ1n) is 10.6. The molecule has 3 aromatic rings. The summed E-state index contributed by atoms with van der Waals surface area (Å²) in [6.07, 6.45) is 0.395.